The molecule has 1 saturated carbocycles. The fourth-order valence-corrected chi connectivity index (χ4v) is 4.41. The van der Waals surface area contributed by atoms with E-state index < -0.39 is 0 Å². The molecule has 0 atom stereocenters. The zero-order valence-corrected chi connectivity index (χ0v) is 19.6. The monoisotopic (exact) mass is 466 g/mol. The number of ether oxygens (including phenoxy) is 3. The van der Waals surface area contributed by atoms with Gasteiger partial charge in [0.1, 0.15) is 0 Å². The van der Waals surface area contributed by atoms with Crippen LogP contribution in [-0.2, 0) is 13.1 Å². The third-order valence-corrected chi connectivity index (χ3v) is 6.46. The first-order chi connectivity index (χ1) is 16.2. The summed E-state index contributed by atoms with van der Waals surface area (Å²) in [5.74, 6) is 3.50. The zero-order chi connectivity index (χ0) is 22.8. The predicted octanol–water partition coefficient (Wildman–Crippen LogP) is 4.31. The van der Waals surface area contributed by atoms with Gasteiger partial charge in [0.25, 0.3) is 0 Å². The van der Waals surface area contributed by atoms with Crippen molar-refractivity contribution in [1.82, 2.24) is 19.6 Å². The van der Waals surface area contributed by atoms with E-state index in [4.69, 9.17) is 24.2 Å². The second-order valence-electron chi connectivity index (χ2n) is 7.80. The average Bonchev–Trinajstić information content (AvgIpc) is 3.37. The van der Waals surface area contributed by atoms with Crippen molar-refractivity contribution < 1.29 is 14.2 Å². The molecule has 0 unspecified atom stereocenters. The van der Waals surface area contributed by atoms with E-state index in [-0.39, 0.29) is 0 Å². The van der Waals surface area contributed by atoms with Gasteiger partial charge in [0.15, 0.2) is 17.1 Å². The fourth-order valence-electron chi connectivity index (χ4n) is 3.77. The molecular formula is C23H26N6O3S. The molecule has 2 N–H and O–H groups in total. The van der Waals surface area contributed by atoms with Gasteiger partial charge in [0, 0.05) is 17.0 Å². The second-order valence-corrected chi connectivity index (χ2v) is 8.83. The van der Waals surface area contributed by atoms with Crippen molar-refractivity contribution >= 4 is 28.9 Å². The number of anilines is 2. The fraction of sp³-hybridized carbons (Fsp3) is 0.348. The summed E-state index contributed by atoms with van der Waals surface area (Å²) in [6, 6.07) is 7.97. The van der Waals surface area contributed by atoms with Crippen molar-refractivity contribution in [1.29, 1.82) is 0 Å². The van der Waals surface area contributed by atoms with Crippen molar-refractivity contribution in [3.8, 4) is 17.2 Å². The Bertz CT molecular complexity index is 1230. The van der Waals surface area contributed by atoms with Gasteiger partial charge < -0.3 is 24.8 Å². The maximum absolute atomic E-state index is 5.48. The Morgan fingerprint density at radius 2 is 1.82 bits per heavy atom. The van der Waals surface area contributed by atoms with Gasteiger partial charge in [-0.3, -0.25) is 0 Å². The van der Waals surface area contributed by atoms with Crippen molar-refractivity contribution in [2.24, 2.45) is 0 Å². The van der Waals surface area contributed by atoms with Crippen LogP contribution in [0.25, 0.3) is 5.65 Å². The van der Waals surface area contributed by atoms with E-state index in [1.165, 1.54) is 23.3 Å². The number of fused-ring (bicyclic) bond motifs is 1. The summed E-state index contributed by atoms with van der Waals surface area (Å²) in [6.07, 6.45) is 4.27. The van der Waals surface area contributed by atoms with Gasteiger partial charge in [0.2, 0.25) is 17.6 Å². The Morgan fingerprint density at radius 3 is 2.45 bits per heavy atom. The third-order valence-electron chi connectivity index (χ3n) is 5.59. The molecule has 0 aliphatic heterocycles. The van der Waals surface area contributed by atoms with Gasteiger partial charge in [-0.1, -0.05) is 6.07 Å². The number of hydrogen-bond donors (Lipinski definition) is 2. The van der Waals surface area contributed by atoms with Gasteiger partial charge in [-0.15, -0.1) is 11.3 Å². The zero-order valence-electron chi connectivity index (χ0n) is 18.8. The maximum Gasteiger partial charge on any atom is 0.229 e. The molecule has 0 bridgehead atoms. The molecule has 3 heterocycles. The molecule has 33 heavy (non-hydrogen) atoms. The van der Waals surface area contributed by atoms with Gasteiger partial charge in [0.05, 0.1) is 34.1 Å². The summed E-state index contributed by atoms with van der Waals surface area (Å²) in [6.45, 7) is 1.17. The number of aromatic nitrogens is 4. The Kier molecular flexibility index (Phi) is 5.91. The molecule has 10 heteroatoms. The molecule has 5 rings (SSSR count). The van der Waals surface area contributed by atoms with E-state index in [0.717, 1.165) is 11.2 Å². The lowest BCUT2D eigenvalue weighted by atomic mass is 10.2. The van der Waals surface area contributed by atoms with Crippen LogP contribution >= 0.6 is 11.3 Å². The van der Waals surface area contributed by atoms with E-state index >= 15 is 0 Å². The molecule has 1 fully saturated rings. The summed E-state index contributed by atoms with van der Waals surface area (Å²) in [7, 11) is 4.81. The number of nitrogens with zero attached hydrogens (tertiary/aromatic N) is 4. The highest BCUT2D eigenvalue weighted by Crippen LogP contribution is 2.42. The van der Waals surface area contributed by atoms with Crippen LogP contribution in [0.1, 0.15) is 34.8 Å². The third kappa shape index (κ3) is 4.38. The summed E-state index contributed by atoms with van der Waals surface area (Å²) in [5.41, 5.74) is 2.97. The molecule has 1 aliphatic rings. The molecule has 3 aromatic heterocycles. The highest BCUT2D eigenvalue weighted by Gasteiger charge is 2.28. The summed E-state index contributed by atoms with van der Waals surface area (Å²) >= 11 is 1.70. The molecular weight excluding hydrogens is 440 g/mol. The molecule has 0 radical (unpaired) electrons. The molecule has 1 aromatic carbocycles. The van der Waals surface area contributed by atoms with Crippen molar-refractivity contribution in [3.05, 3.63) is 51.8 Å². The van der Waals surface area contributed by atoms with Crippen molar-refractivity contribution in [2.75, 3.05) is 32.0 Å². The predicted molar refractivity (Wildman–Crippen MR) is 128 cm³/mol. The Balaban J connectivity index is 1.44. The van der Waals surface area contributed by atoms with E-state index in [1.54, 1.807) is 37.2 Å². The molecule has 172 valence electrons. The van der Waals surface area contributed by atoms with Crippen molar-refractivity contribution in [3.63, 3.8) is 0 Å². The normalized spacial score (nSPS) is 13.2. The standard InChI is InChI=1S/C23H26N6O3S/c1-30-18-9-14(10-19(31-2)20(18)32-3)11-25-23-28-22(24-12-16-5-4-8-33-16)27-21-17(15-6-7-15)13-26-29(21)23/h4-5,8-10,13,15H,6-7,11-12H2,1-3H3,(H2,24,25,27,28). The highest BCUT2D eigenvalue weighted by atomic mass is 32.1. The number of benzene rings is 1. The Morgan fingerprint density at radius 1 is 1.03 bits per heavy atom. The lowest BCUT2D eigenvalue weighted by molar-refractivity contribution is 0.324. The average molecular weight is 467 g/mol. The summed E-state index contributed by atoms with van der Waals surface area (Å²) in [5, 5.41) is 13.4. The molecule has 0 amide bonds. The topological polar surface area (TPSA) is 94.8 Å². The first-order valence-corrected chi connectivity index (χ1v) is 11.6. The second kappa shape index (κ2) is 9.14. The van der Waals surface area contributed by atoms with Crippen LogP contribution < -0.4 is 24.8 Å². The van der Waals surface area contributed by atoms with Crippen LogP contribution in [0.4, 0.5) is 11.9 Å². The Labute approximate surface area is 195 Å². The van der Waals surface area contributed by atoms with E-state index in [2.05, 4.69) is 27.2 Å². The van der Waals surface area contributed by atoms with Crippen LogP contribution in [0.15, 0.2) is 35.8 Å². The van der Waals surface area contributed by atoms with E-state index in [9.17, 15) is 0 Å². The number of nitrogens with one attached hydrogen (secondary N) is 2. The minimum atomic E-state index is 0.492. The van der Waals surface area contributed by atoms with E-state index in [1.807, 2.05) is 24.4 Å². The first kappa shape index (κ1) is 21.3. The van der Waals surface area contributed by atoms with Gasteiger partial charge in [-0.25, -0.2) is 0 Å². The molecule has 0 saturated heterocycles. The Hall–Kier alpha value is -3.53. The SMILES string of the molecule is COc1cc(CNc2nc(NCc3cccs3)nc3c(C4CC4)cnn23)cc(OC)c1OC. The maximum atomic E-state index is 5.48. The largest absolute Gasteiger partial charge is 0.493 e. The lowest BCUT2D eigenvalue weighted by Gasteiger charge is -2.15. The molecule has 9 nitrogen and oxygen atoms in total. The van der Waals surface area contributed by atoms with Crippen molar-refractivity contribution in [2.45, 2.75) is 31.8 Å². The molecule has 4 aromatic rings. The highest BCUT2D eigenvalue weighted by molar-refractivity contribution is 7.09. The van der Waals surface area contributed by atoms with Crippen LogP contribution in [-0.4, -0.2) is 40.9 Å². The van der Waals surface area contributed by atoms with Gasteiger partial charge in [-0.2, -0.15) is 19.6 Å². The van der Waals surface area contributed by atoms with Crippen LogP contribution in [0, 0.1) is 0 Å². The van der Waals surface area contributed by atoms with E-state index in [0.29, 0.717) is 48.2 Å². The minimum absolute atomic E-state index is 0.492. The van der Waals surface area contributed by atoms with Gasteiger partial charge >= 0.3 is 0 Å². The smallest absolute Gasteiger partial charge is 0.229 e. The summed E-state index contributed by atoms with van der Waals surface area (Å²) in [4.78, 5) is 10.7. The van der Waals surface area contributed by atoms with Crippen LogP contribution in [0.5, 0.6) is 17.2 Å². The quantitative estimate of drug-likeness (QED) is 0.357. The van der Waals surface area contributed by atoms with Crippen LogP contribution in [0.2, 0.25) is 0 Å². The number of methoxy groups -OCH3 is 3. The minimum Gasteiger partial charge on any atom is -0.493 e. The number of hydrogen-bond acceptors (Lipinski definition) is 9. The first-order valence-electron chi connectivity index (χ1n) is 10.7. The molecule has 1 aliphatic carbocycles. The number of thiophene rings is 1. The summed E-state index contributed by atoms with van der Waals surface area (Å²) < 4.78 is 18.2. The lowest BCUT2D eigenvalue weighted by Crippen LogP contribution is -2.12. The van der Waals surface area contributed by atoms with Gasteiger partial charge in [-0.05, 0) is 47.9 Å². The van der Waals surface area contributed by atoms with Crippen LogP contribution in [0.3, 0.4) is 0 Å². The molecule has 0 spiro atoms. The number of rotatable bonds is 10.